The summed E-state index contributed by atoms with van der Waals surface area (Å²) in [5.41, 5.74) is 2.25. The summed E-state index contributed by atoms with van der Waals surface area (Å²) in [5.74, 6) is 0.765. The van der Waals surface area contributed by atoms with E-state index in [-0.39, 0.29) is 11.7 Å². The largest absolute Gasteiger partial charge is 0.325 e. The van der Waals surface area contributed by atoms with E-state index < -0.39 is 0 Å². The van der Waals surface area contributed by atoms with E-state index in [1.807, 2.05) is 42.5 Å². The zero-order valence-electron chi connectivity index (χ0n) is 14.0. The van der Waals surface area contributed by atoms with Gasteiger partial charge in [-0.25, -0.2) is 0 Å². The molecule has 0 fully saturated rings. The molecule has 0 saturated carbocycles. The van der Waals surface area contributed by atoms with Crippen LogP contribution in [-0.2, 0) is 4.79 Å². The molecule has 8 heteroatoms. The molecule has 6 nitrogen and oxygen atoms in total. The summed E-state index contributed by atoms with van der Waals surface area (Å²) in [7, 11) is 0. The predicted molar refractivity (Wildman–Crippen MR) is 107 cm³/mol. The van der Waals surface area contributed by atoms with Gasteiger partial charge in [-0.1, -0.05) is 59.8 Å². The van der Waals surface area contributed by atoms with Crippen molar-refractivity contribution in [1.29, 1.82) is 0 Å². The molecule has 0 spiro atoms. The Morgan fingerprint density at radius 3 is 2.70 bits per heavy atom. The van der Waals surface area contributed by atoms with Gasteiger partial charge in [-0.3, -0.25) is 4.79 Å². The Kier molecular flexibility index (Phi) is 5.04. The van der Waals surface area contributed by atoms with Crippen LogP contribution in [-0.4, -0.2) is 31.5 Å². The van der Waals surface area contributed by atoms with Crippen LogP contribution in [0.5, 0.6) is 0 Å². The molecule has 0 aliphatic heterocycles. The Balaban J connectivity index is 1.48. The van der Waals surface area contributed by atoms with E-state index in [2.05, 4.69) is 20.6 Å². The molecule has 134 valence electrons. The fourth-order valence-corrected chi connectivity index (χ4v) is 3.36. The molecule has 0 bridgehead atoms. The summed E-state index contributed by atoms with van der Waals surface area (Å²) in [6, 6.07) is 20.4. The van der Waals surface area contributed by atoms with Crippen LogP contribution in [0.25, 0.3) is 17.0 Å². The normalized spacial score (nSPS) is 10.9. The number of carbonyl (C=O) groups is 1. The Morgan fingerprint density at radius 1 is 1.04 bits per heavy atom. The minimum Gasteiger partial charge on any atom is -0.325 e. The molecular weight excluding hydrogens is 382 g/mol. The number of benzene rings is 2. The van der Waals surface area contributed by atoms with Gasteiger partial charge in [0.1, 0.15) is 5.03 Å². The van der Waals surface area contributed by atoms with Crippen LogP contribution in [0.1, 0.15) is 0 Å². The molecule has 0 radical (unpaired) electrons. The van der Waals surface area contributed by atoms with E-state index in [9.17, 15) is 4.79 Å². The molecule has 1 N–H and O–H groups in total. The number of hydrogen-bond acceptors (Lipinski definition) is 5. The van der Waals surface area contributed by atoms with Gasteiger partial charge >= 0.3 is 0 Å². The second kappa shape index (κ2) is 7.77. The number of nitrogens with zero attached hydrogens (tertiary/aromatic N) is 4. The first-order valence-corrected chi connectivity index (χ1v) is 9.51. The molecule has 1 amide bonds. The van der Waals surface area contributed by atoms with Crippen molar-refractivity contribution in [2.45, 2.75) is 5.03 Å². The van der Waals surface area contributed by atoms with Crippen LogP contribution in [0.2, 0.25) is 5.02 Å². The number of nitrogens with one attached hydrogen (secondary N) is 1. The van der Waals surface area contributed by atoms with Gasteiger partial charge in [-0.15, -0.1) is 10.2 Å². The molecule has 0 aliphatic carbocycles. The Bertz CT molecular complexity index is 1100. The van der Waals surface area contributed by atoms with Crippen molar-refractivity contribution in [3.8, 4) is 11.4 Å². The quantitative estimate of drug-likeness (QED) is 0.513. The predicted octanol–water partition coefficient (Wildman–Crippen LogP) is 4.18. The van der Waals surface area contributed by atoms with Crippen LogP contribution in [0.15, 0.2) is 71.8 Å². The van der Waals surface area contributed by atoms with Gasteiger partial charge in [-0.2, -0.15) is 9.61 Å². The maximum Gasteiger partial charge on any atom is 0.234 e. The maximum atomic E-state index is 12.2. The Morgan fingerprint density at radius 2 is 1.89 bits per heavy atom. The molecule has 2 aromatic carbocycles. The second-order valence-electron chi connectivity index (χ2n) is 5.68. The number of anilines is 1. The van der Waals surface area contributed by atoms with Crippen LogP contribution >= 0.6 is 23.4 Å². The highest BCUT2D eigenvalue weighted by atomic mass is 35.5. The zero-order valence-corrected chi connectivity index (χ0v) is 15.6. The first kappa shape index (κ1) is 17.5. The van der Waals surface area contributed by atoms with E-state index in [0.717, 1.165) is 5.56 Å². The minimum absolute atomic E-state index is 0.129. The smallest absolute Gasteiger partial charge is 0.234 e. The molecule has 27 heavy (non-hydrogen) atoms. The summed E-state index contributed by atoms with van der Waals surface area (Å²) in [4.78, 5) is 12.2. The molecule has 4 aromatic rings. The summed E-state index contributed by atoms with van der Waals surface area (Å²) in [6.45, 7) is 0. The third-order valence-corrected chi connectivity index (χ3v) is 4.88. The molecular formula is C19H14ClN5OS. The fourth-order valence-electron chi connectivity index (χ4n) is 2.52. The summed E-state index contributed by atoms with van der Waals surface area (Å²) < 4.78 is 1.69. The van der Waals surface area contributed by atoms with Crippen molar-refractivity contribution in [3.05, 3.63) is 71.8 Å². The third-order valence-electron chi connectivity index (χ3n) is 3.73. The van der Waals surface area contributed by atoms with Crippen LogP contribution in [0.3, 0.4) is 0 Å². The number of rotatable bonds is 5. The van der Waals surface area contributed by atoms with Crippen LogP contribution in [0.4, 0.5) is 5.69 Å². The van der Waals surface area contributed by atoms with Crippen molar-refractivity contribution < 1.29 is 4.79 Å². The lowest BCUT2D eigenvalue weighted by atomic mass is 10.2. The first-order valence-electron chi connectivity index (χ1n) is 8.15. The first-order chi connectivity index (χ1) is 13.2. The minimum atomic E-state index is -0.129. The van der Waals surface area contributed by atoms with Gasteiger partial charge in [-0.05, 0) is 30.3 Å². The van der Waals surface area contributed by atoms with E-state index >= 15 is 0 Å². The summed E-state index contributed by atoms with van der Waals surface area (Å²) in [5, 5.41) is 17.0. The number of halogens is 1. The van der Waals surface area contributed by atoms with Gasteiger partial charge < -0.3 is 5.32 Å². The van der Waals surface area contributed by atoms with Gasteiger partial charge in [0.25, 0.3) is 0 Å². The van der Waals surface area contributed by atoms with Crippen LogP contribution < -0.4 is 5.32 Å². The van der Waals surface area contributed by atoms with Gasteiger partial charge in [0.15, 0.2) is 11.5 Å². The number of amides is 1. The van der Waals surface area contributed by atoms with Crippen molar-refractivity contribution in [2.24, 2.45) is 0 Å². The topological polar surface area (TPSA) is 72.2 Å². The van der Waals surface area contributed by atoms with Gasteiger partial charge in [0.05, 0.1) is 5.75 Å². The molecule has 0 saturated heterocycles. The number of carbonyl (C=O) groups excluding carboxylic acids is 1. The highest BCUT2D eigenvalue weighted by Crippen LogP contribution is 2.21. The van der Waals surface area contributed by atoms with Crippen molar-refractivity contribution in [3.63, 3.8) is 0 Å². The van der Waals surface area contributed by atoms with E-state index in [0.29, 0.717) is 27.2 Å². The highest BCUT2D eigenvalue weighted by Gasteiger charge is 2.11. The molecule has 2 aromatic heterocycles. The van der Waals surface area contributed by atoms with Crippen LogP contribution in [0, 0.1) is 0 Å². The maximum absolute atomic E-state index is 12.2. The molecule has 0 aliphatic rings. The molecule has 0 atom stereocenters. The lowest BCUT2D eigenvalue weighted by molar-refractivity contribution is -0.113. The summed E-state index contributed by atoms with van der Waals surface area (Å²) >= 11 is 7.27. The average Bonchev–Trinajstić information content (AvgIpc) is 3.10. The lowest BCUT2D eigenvalue weighted by Crippen LogP contribution is -2.14. The molecule has 4 rings (SSSR count). The van der Waals surface area contributed by atoms with Crippen molar-refractivity contribution >= 4 is 40.6 Å². The lowest BCUT2D eigenvalue weighted by Gasteiger charge is -2.06. The van der Waals surface area contributed by atoms with E-state index in [1.165, 1.54) is 11.8 Å². The second-order valence-corrected chi connectivity index (χ2v) is 7.11. The fraction of sp³-hybridized carbons (Fsp3) is 0.0526. The third kappa shape index (κ3) is 4.10. The van der Waals surface area contributed by atoms with Crippen molar-refractivity contribution in [2.75, 3.05) is 11.1 Å². The zero-order chi connectivity index (χ0) is 18.6. The van der Waals surface area contributed by atoms with Gasteiger partial charge in [0.2, 0.25) is 5.91 Å². The number of fused-ring (bicyclic) bond motifs is 1. The molecule has 0 unspecified atom stereocenters. The number of hydrogen-bond donors (Lipinski definition) is 1. The SMILES string of the molecule is O=C(CSc1ccc2nnc(-c3ccccc3)n2n1)Nc1cccc(Cl)c1. The average molecular weight is 396 g/mol. The van der Waals surface area contributed by atoms with E-state index in [4.69, 9.17) is 11.6 Å². The monoisotopic (exact) mass is 395 g/mol. The Hall–Kier alpha value is -2.90. The van der Waals surface area contributed by atoms with E-state index in [1.54, 1.807) is 28.8 Å². The molecule has 2 heterocycles. The highest BCUT2D eigenvalue weighted by molar-refractivity contribution is 7.99. The standard InChI is InChI=1S/C19H14ClN5OS/c20-14-7-4-8-15(11-14)21-17(26)12-27-18-10-9-16-22-23-19(25(16)24-18)13-5-2-1-3-6-13/h1-11H,12H2,(H,21,26). The summed E-state index contributed by atoms with van der Waals surface area (Å²) in [6.07, 6.45) is 0. The van der Waals surface area contributed by atoms with Crippen molar-refractivity contribution in [1.82, 2.24) is 19.8 Å². The number of thioether (sulfide) groups is 1. The van der Waals surface area contributed by atoms with Gasteiger partial charge in [0, 0.05) is 16.3 Å². The number of aromatic nitrogens is 4. The Labute approximate surface area is 164 Å².